The Labute approximate surface area is 231 Å². The Kier molecular flexibility index (Phi) is 9.07. The van der Waals surface area contributed by atoms with Crippen molar-refractivity contribution in [3.8, 4) is 5.75 Å². The van der Waals surface area contributed by atoms with Crippen LogP contribution in [0.15, 0.2) is 48.8 Å². The van der Waals surface area contributed by atoms with E-state index in [-0.39, 0.29) is 48.1 Å². The summed E-state index contributed by atoms with van der Waals surface area (Å²) in [6.45, 7) is 4.96. The van der Waals surface area contributed by atoms with Gasteiger partial charge in [0, 0.05) is 31.2 Å². The van der Waals surface area contributed by atoms with Gasteiger partial charge in [-0.05, 0) is 60.3 Å². The fourth-order valence-electron chi connectivity index (χ4n) is 4.55. The lowest BCUT2D eigenvalue weighted by Gasteiger charge is -2.38. The molecule has 0 unspecified atom stereocenters. The lowest BCUT2D eigenvalue weighted by molar-refractivity contribution is -0.116. The summed E-state index contributed by atoms with van der Waals surface area (Å²) < 4.78 is 7.70. The summed E-state index contributed by atoms with van der Waals surface area (Å²) in [7, 11) is 1.95. The molecule has 2 aromatic carbocycles. The fraction of sp³-hybridized carbons (Fsp3) is 0.407. The zero-order valence-corrected chi connectivity index (χ0v) is 22.6. The van der Waals surface area contributed by atoms with Crippen LogP contribution in [0.1, 0.15) is 40.1 Å². The Bertz CT molecular complexity index is 1330. The van der Waals surface area contributed by atoms with Gasteiger partial charge in [-0.3, -0.25) is 14.5 Å². The maximum atomic E-state index is 13.6. The first-order valence-corrected chi connectivity index (χ1v) is 12.9. The van der Waals surface area contributed by atoms with Gasteiger partial charge in [-0.1, -0.05) is 19.1 Å². The van der Waals surface area contributed by atoms with Gasteiger partial charge in [-0.25, -0.2) is 9.48 Å². The van der Waals surface area contributed by atoms with Crippen LogP contribution in [-0.2, 0) is 17.9 Å². The lowest BCUT2D eigenvalue weighted by atomic mass is 9.99. The topological polar surface area (TPSA) is 163 Å². The number of aliphatic hydroxyl groups is 1. The number of anilines is 1. The Morgan fingerprint density at radius 1 is 1.23 bits per heavy atom. The van der Waals surface area contributed by atoms with E-state index in [1.807, 2.05) is 14.0 Å². The Hall–Kier alpha value is -4.36. The number of fused-ring (bicyclic) bond motifs is 1. The number of ether oxygens (including phenoxy) is 1. The molecule has 0 radical (unpaired) electrons. The number of nitrogens with zero attached hydrogens (tertiary/aromatic N) is 6. The van der Waals surface area contributed by atoms with E-state index in [4.69, 9.17) is 9.84 Å². The van der Waals surface area contributed by atoms with Crippen LogP contribution < -0.4 is 10.1 Å². The van der Waals surface area contributed by atoms with Crippen LogP contribution in [0.2, 0.25) is 0 Å². The van der Waals surface area contributed by atoms with Crippen LogP contribution in [0, 0.1) is 5.92 Å². The number of aromatic carboxylic acids is 1. The largest absolute Gasteiger partial charge is 0.488 e. The summed E-state index contributed by atoms with van der Waals surface area (Å²) in [6.07, 6.45) is 1.03. The van der Waals surface area contributed by atoms with Gasteiger partial charge in [0.25, 0.3) is 5.91 Å². The number of hydrogen-bond acceptors (Lipinski definition) is 9. The monoisotopic (exact) mass is 551 g/mol. The van der Waals surface area contributed by atoms with E-state index in [9.17, 15) is 19.5 Å². The molecule has 2 amide bonds. The van der Waals surface area contributed by atoms with Gasteiger partial charge in [0.05, 0.1) is 23.8 Å². The number of tetrazole rings is 1. The highest BCUT2D eigenvalue weighted by atomic mass is 16.5. The van der Waals surface area contributed by atoms with Crippen molar-refractivity contribution in [1.82, 2.24) is 30.0 Å². The van der Waals surface area contributed by atoms with Gasteiger partial charge in [0.1, 0.15) is 24.7 Å². The minimum atomic E-state index is -0.971. The highest BCUT2D eigenvalue weighted by Crippen LogP contribution is 2.31. The van der Waals surface area contributed by atoms with Gasteiger partial charge < -0.3 is 25.2 Å². The molecule has 0 fully saturated rings. The smallest absolute Gasteiger partial charge is 0.335 e. The number of aromatic nitrogens is 4. The van der Waals surface area contributed by atoms with Crippen molar-refractivity contribution >= 4 is 23.5 Å². The van der Waals surface area contributed by atoms with Crippen LogP contribution in [-0.4, -0.2) is 96.9 Å². The van der Waals surface area contributed by atoms with Gasteiger partial charge in [0.2, 0.25) is 5.91 Å². The van der Waals surface area contributed by atoms with Crippen molar-refractivity contribution in [3.05, 3.63) is 65.5 Å². The molecule has 4 rings (SSSR count). The van der Waals surface area contributed by atoms with Crippen LogP contribution in [0.4, 0.5) is 5.69 Å². The third-order valence-corrected chi connectivity index (χ3v) is 6.79. The van der Waals surface area contributed by atoms with E-state index in [0.717, 1.165) is 5.56 Å². The maximum Gasteiger partial charge on any atom is 0.335 e. The first kappa shape index (κ1) is 28.6. The fourth-order valence-corrected chi connectivity index (χ4v) is 4.55. The standard InChI is InChI=1S/C27H33N7O6/c1-17-11-34(18(2)15-35)26(37)22-10-21(29-25(36)14-33-16-28-30-31-33)8-9-23(22)40-24(17)13-32(3)12-19-4-6-20(7-5-19)27(38)39/h4-10,16-18,24,35H,11-15H2,1-3H3,(H,29,36)(H,38,39)/t17-,18+,24+/m1/s1. The Balaban J connectivity index is 1.54. The van der Waals surface area contributed by atoms with E-state index in [1.165, 1.54) is 11.0 Å². The third-order valence-electron chi connectivity index (χ3n) is 6.79. The maximum absolute atomic E-state index is 13.6. The molecule has 2 heterocycles. The number of carbonyl (C=O) groups is 3. The molecule has 3 atom stereocenters. The van der Waals surface area contributed by atoms with Crippen LogP contribution in [0.5, 0.6) is 5.75 Å². The molecule has 0 saturated carbocycles. The third kappa shape index (κ3) is 6.98. The molecule has 3 aromatic rings. The van der Waals surface area contributed by atoms with E-state index in [1.54, 1.807) is 54.3 Å². The second-order valence-corrected chi connectivity index (χ2v) is 10.1. The first-order valence-electron chi connectivity index (χ1n) is 12.9. The number of likely N-dealkylation sites (N-methyl/N-ethyl adjacent to an activating group) is 1. The first-order chi connectivity index (χ1) is 19.1. The molecule has 1 aliphatic rings. The minimum Gasteiger partial charge on any atom is -0.488 e. The van der Waals surface area contributed by atoms with Gasteiger partial charge in [-0.15, -0.1) is 5.10 Å². The number of aliphatic hydroxyl groups excluding tert-OH is 1. The van der Waals surface area contributed by atoms with Crippen LogP contribution in [0.25, 0.3) is 0 Å². The second kappa shape index (κ2) is 12.7. The quantitative estimate of drug-likeness (QED) is 0.335. The number of rotatable bonds is 10. The van der Waals surface area contributed by atoms with Crippen molar-refractivity contribution in [1.29, 1.82) is 0 Å². The molecule has 40 heavy (non-hydrogen) atoms. The highest BCUT2D eigenvalue weighted by Gasteiger charge is 2.33. The summed E-state index contributed by atoms with van der Waals surface area (Å²) in [6, 6.07) is 11.2. The number of hydrogen-bond donors (Lipinski definition) is 3. The van der Waals surface area contributed by atoms with Crippen molar-refractivity contribution < 1.29 is 29.3 Å². The SMILES string of the molecule is C[C@@H]1CN([C@@H](C)CO)C(=O)c2cc(NC(=O)Cn3cnnn3)ccc2O[C@H]1CN(C)Cc1ccc(C(=O)O)cc1. The molecule has 3 N–H and O–H groups in total. The molecule has 0 spiro atoms. The second-order valence-electron chi connectivity index (χ2n) is 10.1. The number of carbonyl (C=O) groups excluding carboxylic acids is 2. The Morgan fingerprint density at radius 3 is 2.62 bits per heavy atom. The molecular formula is C27H33N7O6. The average molecular weight is 552 g/mol. The van der Waals surface area contributed by atoms with E-state index in [0.29, 0.717) is 31.1 Å². The molecule has 0 bridgehead atoms. The van der Waals surface area contributed by atoms with Gasteiger partial charge >= 0.3 is 5.97 Å². The predicted molar refractivity (Wildman–Crippen MR) is 144 cm³/mol. The van der Waals surface area contributed by atoms with E-state index >= 15 is 0 Å². The zero-order valence-electron chi connectivity index (χ0n) is 22.6. The lowest BCUT2D eigenvalue weighted by Crippen LogP contribution is -2.49. The molecular weight excluding hydrogens is 518 g/mol. The molecule has 0 saturated heterocycles. The van der Waals surface area contributed by atoms with Crippen molar-refractivity contribution in [3.63, 3.8) is 0 Å². The van der Waals surface area contributed by atoms with Gasteiger partial charge in [-0.2, -0.15) is 0 Å². The summed E-state index contributed by atoms with van der Waals surface area (Å²) in [4.78, 5) is 40.9. The van der Waals surface area contributed by atoms with Crippen LogP contribution >= 0.6 is 0 Å². The number of benzene rings is 2. The molecule has 13 nitrogen and oxygen atoms in total. The Morgan fingerprint density at radius 2 is 1.98 bits per heavy atom. The number of nitrogens with one attached hydrogen (secondary N) is 1. The molecule has 1 aromatic heterocycles. The van der Waals surface area contributed by atoms with Gasteiger partial charge in [0.15, 0.2) is 0 Å². The van der Waals surface area contributed by atoms with Crippen molar-refractivity contribution in [2.24, 2.45) is 5.92 Å². The summed E-state index contributed by atoms with van der Waals surface area (Å²) in [5.41, 5.74) is 1.88. The molecule has 0 aliphatic carbocycles. The zero-order chi connectivity index (χ0) is 28.8. The summed E-state index contributed by atoms with van der Waals surface area (Å²) in [5.74, 6) is -1.32. The highest BCUT2D eigenvalue weighted by molar-refractivity contribution is 5.99. The summed E-state index contributed by atoms with van der Waals surface area (Å²) in [5, 5.41) is 32.5. The van der Waals surface area contributed by atoms with Crippen molar-refractivity contribution in [2.75, 3.05) is 32.1 Å². The minimum absolute atomic E-state index is 0.0707. The molecule has 1 aliphatic heterocycles. The van der Waals surface area contributed by atoms with Crippen LogP contribution in [0.3, 0.4) is 0 Å². The molecule has 13 heteroatoms. The van der Waals surface area contributed by atoms with E-state index < -0.39 is 12.0 Å². The number of amides is 2. The number of carboxylic acid groups (broad SMARTS) is 1. The molecule has 212 valence electrons. The van der Waals surface area contributed by atoms with E-state index in [2.05, 4.69) is 25.7 Å². The average Bonchev–Trinajstić information content (AvgIpc) is 3.43. The number of carboxylic acids is 1. The normalized spacial score (nSPS) is 17.9. The summed E-state index contributed by atoms with van der Waals surface area (Å²) >= 11 is 0. The predicted octanol–water partition coefficient (Wildman–Crippen LogP) is 1.36. The van der Waals surface area contributed by atoms with Crippen molar-refractivity contribution in [2.45, 2.75) is 39.1 Å².